The van der Waals surface area contributed by atoms with Crippen LogP contribution in [0.5, 0.6) is 5.75 Å². The maximum Gasteiger partial charge on any atom is 0.339 e. The molecular formula is C12H13ClO4. The van der Waals surface area contributed by atoms with Gasteiger partial charge in [-0.25, -0.2) is 4.79 Å². The fraction of sp³-hybridized carbons (Fsp3) is 0.417. The molecule has 0 aliphatic carbocycles. The zero-order valence-corrected chi connectivity index (χ0v) is 9.94. The average Bonchev–Trinajstić information content (AvgIpc) is 2.80. The van der Waals surface area contributed by atoms with Crippen LogP contribution in [-0.2, 0) is 4.74 Å². The molecule has 1 N–H and O–H groups in total. The first-order valence-electron chi connectivity index (χ1n) is 5.41. The van der Waals surface area contributed by atoms with E-state index in [-0.39, 0.29) is 11.3 Å². The van der Waals surface area contributed by atoms with E-state index >= 15 is 0 Å². The van der Waals surface area contributed by atoms with Gasteiger partial charge in [-0.1, -0.05) is 17.7 Å². The highest BCUT2D eigenvalue weighted by Crippen LogP contribution is 2.29. The Morgan fingerprint density at radius 1 is 1.59 bits per heavy atom. The molecule has 1 unspecified atom stereocenters. The third-order valence-electron chi connectivity index (χ3n) is 2.68. The lowest BCUT2D eigenvalue weighted by atomic mass is 10.1. The van der Waals surface area contributed by atoms with Gasteiger partial charge < -0.3 is 14.6 Å². The van der Waals surface area contributed by atoms with Crippen molar-refractivity contribution in [3.05, 3.63) is 28.8 Å². The van der Waals surface area contributed by atoms with Gasteiger partial charge in [-0.15, -0.1) is 0 Å². The van der Waals surface area contributed by atoms with Crippen molar-refractivity contribution in [2.75, 3.05) is 19.8 Å². The second-order valence-corrected chi connectivity index (χ2v) is 4.37. The van der Waals surface area contributed by atoms with Crippen LogP contribution in [0.1, 0.15) is 16.8 Å². The minimum absolute atomic E-state index is 0.0939. The van der Waals surface area contributed by atoms with Gasteiger partial charge in [0, 0.05) is 12.5 Å². The lowest BCUT2D eigenvalue weighted by molar-refractivity contribution is 0.0691. The Hall–Kier alpha value is -1.26. The zero-order chi connectivity index (χ0) is 12.3. The van der Waals surface area contributed by atoms with Gasteiger partial charge in [0.15, 0.2) is 5.75 Å². The van der Waals surface area contributed by atoms with E-state index in [9.17, 15) is 4.79 Å². The minimum atomic E-state index is -1.04. The van der Waals surface area contributed by atoms with Crippen LogP contribution in [0.4, 0.5) is 0 Å². The predicted octanol–water partition coefficient (Wildman–Crippen LogP) is 2.45. The maximum absolute atomic E-state index is 11.0. The van der Waals surface area contributed by atoms with E-state index in [1.54, 1.807) is 12.1 Å². The first-order valence-corrected chi connectivity index (χ1v) is 5.78. The Kier molecular flexibility index (Phi) is 3.86. The Morgan fingerprint density at radius 3 is 3.06 bits per heavy atom. The Bertz CT molecular complexity index is 413. The fourth-order valence-corrected chi connectivity index (χ4v) is 1.97. The Balaban J connectivity index is 2.10. The molecule has 2 rings (SSSR count). The second-order valence-electron chi connectivity index (χ2n) is 3.96. The van der Waals surface area contributed by atoms with Crippen molar-refractivity contribution in [3.63, 3.8) is 0 Å². The first-order chi connectivity index (χ1) is 8.18. The summed E-state index contributed by atoms with van der Waals surface area (Å²) in [6.07, 6.45) is 0.937. The number of para-hydroxylation sites is 1. The highest BCUT2D eigenvalue weighted by molar-refractivity contribution is 6.32. The zero-order valence-electron chi connectivity index (χ0n) is 9.19. The topological polar surface area (TPSA) is 55.8 Å². The molecule has 1 heterocycles. The lowest BCUT2D eigenvalue weighted by Gasteiger charge is -2.13. The molecule has 5 heteroatoms. The second kappa shape index (κ2) is 5.38. The predicted molar refractivity (Wildman–Crippen MR) is 62.8 cm³/mol. The molecule has 0 spiro atoms. The van der Waals surface area contributed by atoms with Crippen LogP contribution in [-0.4, -0.2) is 30.9 Å². The number of carboxylic acid groups (broad SMARTS) is 1. The highest BCUT2D eigenvalue weighted by atomic mass is 35.5. The summed E-state index contributed by atoms with van der Waals surface area (Å²) in [4.78, 5) is 11.0. The van der Waals surface area contributed by atoms with Crippen molar-refractivity contribution in [1.29, 1.82) is 0 Å². The van der Waals surface area contributed by atoms with Crippen LogP contribution in [0.2, 0.25) is 5.02 Å². The molecule has 1 aromatic rings. The fourth-order valence-electron chi connectivity index (χ4n) is 1.74. The van der Waals surface area contributed by atoms with Crippen LogP contribution in [0.25, 0.3) is 0 Å². The van der Waals surface area contributed by atoms with E-state index in [0.29, 0.717) is 24.2 Å². The molecule has 0 aromatic heterocycles. The summed E-state index contributed by atoms with van der Waals surface area (Å²) >= 11 is 5.94. The van der Waals surface area contributed by atoms with E-state index in [1.807, 2.05) is 0 Å². The SMILES string of the molecule is O=C(O)c1cccc(Cl)c1OCC1CCOC1. The summed E-state index contributed by atoms with van der Waals surface area (Å²) < 4.78 is 10.7. The minimum Gasteiger partial charge on any atom is -0.491 e. The summed E-state index contributed by atoms with van der Waals surface area (Å²) in [5, 5.41) is 9.34. The van der Waals surface area contributed by atoms with E-state index < -0.39 is 5.97 Å². The molecule has 1 aromatic carbocycles. The smallest absolute Gasteiger partial charge is 0.339 e. The third-order valence-corrected chi connectivity index (χ3v) is 2.98. The summed E-state index contributed by atoms with van der Waals surface area (Å²) in [7, 11) is 0. The average molecular weight is 257 g/mol. The van der Waals surface area contributed by atoms with Gasteiger partial charge in [-0.3, -0.25) is 0 Å². The van der Waals surface area contributed by atoms with Crippen molar-refractivity contribution in [3.8, 4) is 5.75 Å². The Labute approximate surface area is 104 Å². The van der Waals surface area contributed by atoms with Gasteiger partial charge in [0.2, 0.25) is 0 Å². The first kappa shape index (κ1) is 12.2. The van der Waals surface area contributed by atoms with Crippen LogP contribution in [0.3, 0.4) is 0 Å². The van der Waals surface area contributed by atoms with Crippen LogP contribution in [0, 0.1) is 5.92 Å². The molecule has 0 amide bonds. The number of hydrogen-bond donors (Lipinski definition) is 1. The number of ether oxygens (including phenoxy) is 2. The molecule has 0 bridgehead atoms. The molecule has 1 aliphatic rings. The summed E-state index contributed by atoms with van der Waals surface area (Å²) in [6, 6.07) is 4.69. The number of rotatable bonds is 4. The highest BCUT2D eigenvalue weighted by Gasteiger charge is 2.19. The lowest BCUT2D eigenvalue weighted by Crippen LogP contribution is -2.13. The van der Waals surface area contributed by atoms with Crippen molar-refractivity contribution in [2.24, 2.45) is 5.92 Å². The van der Waals surface area contributed by atoms with Gasteiger partial charge in [0.05, 0.1) is 18.2 Å². The van der Waals surface area contributed by atoms with Crippen molar-refractivity contribution in [2.45, 2.75) is 6.42 Å². The molecule has 1 fully saturated rings. The molecule has 0 radical (unpaired) electrons. The monoisotopic (exact) mass is 256 g/mol. The van der Waals surface area contributed by atoms with Crippen molar-refractivity contribution < 1.29 is 19.4 Å². The molecule has 0 saturated carbocycles. The molecule has 1 aliphatic heterocycles. The summed E-state index contributed by atoms with van der Waals surface area (Å²) in [5.74, 6) is -0.480. The number of carboxylic acids is 1. The van der Waals surface area contributed by atoms with Crippen LogP contribution in [0.15, 0.2) is 18.2 Å². The standard InChI is InChI=1S/C12H13ClO4/c13-10-3-1-2-9(12(14)15)11(10)17-7-8-4-5-16-6-8/h1-3,8H,4-7H2,(H,14,15). The van der Waals surface area contributed by atoms with Crippen LogP contribution >= 0.6 is 11.6 Å². The van der Waals surface area contributed by atoms with Crippen molar-refractivity contribution in [1.82, 2.24) is 0 Å². The molecular weight excluding hydrogens is 244 g/mol. The molecule has 17 heavy (non-hydrogen) atoms. The maximum atomic E-state index is 11.0. The number of halogens is 1. The molecule has 4 nitrogen and oxygen atoms in total. The number of benzene rings is 1. The van der Waals surface area contributed by atoms with Crippen LogP contribution < -0.4 is 4.74 Å². The van der Waals surface area contributed by atoms with Crippen molar-refractivity contribution >= 4 is 17.6 Å². The molecule has 1 saturated heterocycles. The quantitative estimate of drug-likeness (QED) is 0.899. The number of hydrogen-bond acceptors (Lipinski definition) is 3. The molecule has 1 atom stereocenters. The van der Waals surface area contributed by atoms with Gasteiger partial charge in [-0.2, -0.15) is 0 Å². The summed E-state index contributed by atoms with van der Waals surface area (Å²) in [5.41, 5.74) is 0.0939. The van der Waals surface area contributed by atoms with Gasteiger partial charge in [-0.05, 0) is 18.6 Å². The number of carbonyl (C=O) groups is 1. The normalized spacial score (nSPS) is 19.2. The van der Waals surface area contributed by atoms with E-state index in [2.05, 4.69) is 0 Å². The van der Waals surface area contributed by atoms with Gasteiger partial charge in [0.25, 0.3) is 0 Å². The number of aromatic carboxylic acids is 1. The third kappa shape index (κ3) is 2.90. The van der Waals surface area contributed by atoms with Gasteiger partial charge >= 0.3 is 5.97 Å². The molecule has 92 valence electrons. The summed E-state index contributed by atoms with van der Waals surface area (Å²) in [6.45, 7) is 1.83. The van der Waals surface area contributed by atoms with Gasteiger partial charge in [0.1, 0.15) is 5.56 Å². The van der Waals surface area contributed by atoms with E-state index in [4.69, 9.17) is 26.2 Å². The van der Waals surface area contributed by atoms with E-state index in [0.717, 1.165) is 13.0 Å². The largest absolute Gasteiger partial charge is 0.491 e. The Morgan fingerprint density at radius 2 is 2.41 bits per heavy atom. The van der Waals surface area contributed by atoms with E-state index in [1.165, 1.54) is 6.07 Å².